The zero-order valence-electron chi connectivity index (χ0n) is 8.57. The summed E-state index contributed by atoms with van der Waals surface area (Å²) in [5.74, 6) is 1.92. The van der Waals surface area contributed by atoms with Gasteiger partial charge in [-0.15, -0.1) is 0 Å². The monoisotopic (exact) mass is 194 g/mol. The van der Waals surface area contributed by atoms with Crippen molar-refractivity contribution in [1.29, 1.82) is 0 Å². The number of hydrogen-bond acceptors (Lipinski definition) is 2. The summed E-state index contributed by atoms with van der Waals surface area (Å²) in [6.45, 7) is 3.23. The lowest BCUT2D eigenvalue weighted by molar-refractivity contribution is 0.580. The maximum atomic E-state index is 12.8. The molecule has 1 aromatic heterocycles. The van der Waals surface area contributed by atoms with Gasteiger partial charge in [-0.25, -0.2) is 4.98 Å². The Kier molecular flexibility index (Phi) is 2.40. The van der Waals surface area contributed by atoms with Crippen LogP contribution in [-0.4, -0.2) is 18.6 Å². The van der Waals surface area contributed by atoms with Gasteiger partial charge < -0.3 is 4.90 Å². The molecule has 14 heavy (non-hydrogen) atoms. The highest BCUT2D eigenvalue weighted by atomic mass is 19.1. The normalized spacial score (nSPS) is 24.8. The smallest absolute Gasteiger partial charge is 0.214 e. The second-order valence-electron chi connectivity index (χ2n) is 4.17. The van der Waals surface area contributed by atoms with Crippen LogP contribution in [0.5, 0.6) is 0 Å². The van der Waals surface area contributed by atoms with Crippen molar-refractivity contribution in [2.45, 2.75) is 13.3 Å². The Balaban J connectivity index is 2.00. The minimum atomic E-state index is -0.404. The summed E-state index contributed by atoms with van der Waals surface area (Å²) < 4.78 is 12.8. The third-order valence-electron chi connectivity index (χ3n) is 2.88. The summed E-state index contributed by atoms with van der Waals surface area (Å²) in [7, 11) is 1.97. The first-order chi connectivity index (χ1) is 6.66. The van der Waals surface area contributed by atoms with Gasteiger partial charge >= 0.3 is 0 Å². The van der Waals surface area contributed by atoms with E-state index in [2.05, 4.69) is 11.9 Å². The van der Waals surface area contributed by atoms with Crippen molar-refractivity contribution in [1.82, 2.24) is 4.98 Å². The number of aromatic nitrogens is 1. The van der Waals surface area contributed by atoms with E-state index < -0.39 is 5.95 Å². The lowest BCUT2D eigenvalue weighted by atomic mass is 10.3. The van der Waals surface area contributed by atoms with E-state index in [0.29, 0.717) is 0 Å². The Morgan fingerprint density at radius 3 is 2.86 bits per heavy atom. The fourth-order valence-electron chi connectivity index (χ4n) is 1.71. The highest BCUT2D eigenvalue weighted by Gasteiger charge is 2.33. The lowest BCUT2D eigenvalue weighted by Crippen LogP contribution is -2.21. The van der Waals surface area contributed by atoms with Crippen molar-refractivity contribution in [3.8, 4) is 0 Å². The summed E-state index contributed by atoms with van der Waals surface area (Å²) in [4.78, 5) is 5.86. The first-order valence-electron chi connectivity index (χ1n) is 5.00. The zero-order chi connectivity index (χ0) is 10.1. The molecule has 1 saturated carbocycles. The lowest BCUT2D eigenvalue weighted by Gasteiger charge is -2.17. The molecule has 0 bridgehead atoms. The van der Waals surface area contributed by atoms with Crippen LogP contribution in [0.15, 0.2) is 18.2 Å². The fourth-order valence-corrected chi connectivity index (χ4v) is 1.71. The van der Waals surface area contributed by atoms with Gasteiger partial charge in [-0.05, 0) is 30.4 Å². The van der Waals surface area contributed by atoms with E-state index in [1.54, 1.807) is 6.07 Å². The minimum Gasteiger partial charge on any atom is -0.359 e. The van der Waals surface area contributed by atoms with E-state index in [9.17, 15) is 4.39 Å². The van der Waals surface area contributed by atoms with Crippen LogP contribution >= 0.6 is 0 Å². The number of nitrogens with zero attached hydrogens (tertiary/aromatic N) is 2. The summed E-state index contributed by atoms with van der Waals surface area (Å²) in [5, 5.41) is 0. The number of pyridine rings is 1. The Labute approximate surface area is 83.8 Å². The number of anilines is 1. The van der Waals surface area contributed by atoms with E-state index in [4.69, 9.17) is 0 Å². The van der Waals surface area contributed by atoms with Crippen LogP contribution in [0, 0.1) is 17.8 Å². The van der Waals surface area contributed by atoms with E-state index in [1.165, 1.54) is 12.5 Å². The summed E-state index contributed by atoms with van der Waals surface area (Å²) in [6.07, 6.45) is 1.29. The molecule has 2 unspecified atom stereocenters. The van der Waals surface area contributed by atoms with Gasteiger partial charge in [0.1, 0.15) is 5.82 Å². The second kappa shape index (κ2) is 3.56. The maximum Gasteiger partial charge on any atom is 0.214 e. The Hall–Kier alpha value is -1.12. The fraction of sp³-hybridized carbons (Fsp3) is 0.545. The van der Waals surface area contributed by atoms with Crippen LogP contribution in [0.4, 0.5) is 10.2 Å². The molecule has 1 fully saturated rings. The van der Waals surface area contributed by atoms with Crippen molar-refractivity contribution in [2.75, 3.05) is 18.5 Å². The average Bonchev–Trinajstić information content (AvgIpc) is 2.81. The highest BCUT2D eigenvalue weighted by Crippen LogP contribution is 2.38. The Bertz CT molecular complexity index is 327. The van der Waals surface area contributed by atoms with Crippen LogP contribution in [0.1, 0.15) is 13.3 Å². The van der Waals surface area contributed by atoms with Crippen LogP contribution in [0.2, 0.25) is 0 Å². The van der Waals surface area contributed by atoms with E-state index in [1.807, 2.05) is 18.0 Å². The molecule has 0 spiro atoms. The van der Waals surface area contributed by atoms with Gasteiger partial charge in [0, 0.05) is 13.6 Å². The molecule has 1 heterocycles. The van der Waals surface area contributed by atoms with Gasteiger partial charge in [0.15, 0.2) is 0 Å². The van der Waals surface area contributed by atoms with E-state index in [0.717, 1.165) is 24.2 Å². The molecule has 1 aliphatic carbocycles. The molecular weight excluding hydrogens is 179 g/mol. The van der Waals surface area contributed by atoms with Crippen LogP contribution in [0.25, 0.3) is 0 Å². The van der Waals surface area contributed by atoms with Crippen molar-refractivity contribution < 1.29 is 4.39 Å². The number of hydrogen-bond donors (Lipinski definition) is 0. The van der Waals surface area contributed by atoms with Gasteiger partial charge in [-0.2, -0.15) is 4.39 Å². The summed E-state index contributed by atoms with van der Waals surface area (Å²) in [6, 6.07) is 4.91. The molecule has 0 radical (unpaired) electrons. The zero-order valence-corrected chi connectivity index (χ0v) is 8.57. The highest BCUT2D eigenvalue weighted by molar-refractivity contribution is 5.37. The quantitative estimate of drug-likeness (QED) is 0.686. The number of rotatable bonds is 3. The van der Waals surface area contributed by atoms with Crippen molar-refractivity contribution in [3.63, 3.8) is 0 Å². The number of halogens is 1. The second-order valence-corrected chi connectivity index (χ2v) is 4.17. The largest absolute Gasteiger partial charge is 0.359 e. The third-order valence-corrected chi connectivity index (χ3v) is 2.88. The Morgan fingerprint density at radius 2 is 2.29 bits per heavy atom. The van der Waals surface area contributed by atoms with E-state index in [-0.39, 0.29) is 0 Å². The molecule has 0 aliphatic heterocycles. The molecule has 0 N–H and O–H groups in total. The molecule has 76 valence electrons. The van der Waals surface area contributed by atoms with Gasteiger partial charge in [-0.1, -0.05) is 13.0 Å². The van der Waals surface area contributed by atoms with Crippen LogP contribution in [0.3, 0.4) is 0 Å². The molecule has 1 aliphatic rings. The van der Waals surface area contributed by atoms with Crippen molar-refractivity contribution >= 4 is 5.82 Å². The predicted octanol–water partition coefficient (Wildman–Crippen LogP) is 2.31. The SMILES string of the molecule is CC1CC1CN(C)c1cccc(F)n1. The molecular formula is C11H15FN2. The van der Waals surface area contributed by atoms with Crippen LogP contribution in [-0.2, 0) is 0 Å². The Morgan fingerprint density at radius 1 is 1.57 bits per heavy atom. The maximum absolute atomic E-state index is 12.8. The first-order valence-corrected chi connectivity index (χ1v) is 5.00. The minimum absolute atomic E-state index is 0.404. The molecule has 3 heteroatoms. The standard InChI is InChI=1S/C11H15FN2/c1-8-6-9(8)7-14(2)11-5-3-4-10(12)13-11/h3-5,8-9H,6-7H2,1-2H3. The molecule has 0 aromatic carbocycles. The summed E-state index contributed by atoms with van der Waals surface area (Å²) >= 11 is 0. The third kappa shape index (κ3) is 2.03. The van der Waals surface area contributed by atoms with Gasteiger partial charge in [0.05, 0.1) is 0 Å². The summed E-state index contributed by atoms with van der Waals surface area (Å²) in [5.41, 5.74) is 0. The molecule has 1 aromatic rings. The first kappa shape index (κ1) is 9.44. The topological polar surface area (TPSA) is 16.1 Å². The van der Waals surface area contributed by atoms with Gasteiger partial charge in [-0.3, -0.25) is 0 Å². The van der Waals surface area contributed by atoms with Gasteiger partial charge in [0.2, 0.25) is 5.95 Å². The predicted molar refractivity (Wildman–Crippen MR) is 54.7 cm³/mol. The molecule has 0 amide bonds. The molecule has 0 saturated heterocycles. The van der Waals surface area contributed by atoms with Crippen molar-refractivity contribution in [3.05, 3.63) is 24.1 Å². The van der Waals surface area contributed by atoms with Crippen LogP contribution < -0.4 is 4.90 Å². The average molecular weight is 194 g/mol. The molecule has 2 nitrogen and oxygen atoms in total. The van der Waals surface area contributed by atoms with E-state index >= 15 is 0 Å². The van der Waals surface area contributed by atoms with Crippen molar-refractivity contribution in [2.24, 2.45) is 11.8 Å². The molecule has 2 atom stereocenters. The van der Waals surface area contributed by atoms with Gasteiger partial charge in [0.25, 0.3) is 0 Å². The molecule has 2 rings (SSSR count).